The van der Waals surface area contributed by atoms with Crippen LogP contribution in [0.3, 0.4) is 0 Å². The number of aryl methyl sites for hydroxylation is 1. The Morgan fingerprint density at radius 3 is 2.92 bits per heavy atom. The van der Waals surface area contributed by atoms with Crippen LogP contribution in [0.5, 0.6) is 0 Å². The molecule has 0 aromatic heterocycles. The highest BCUT2D eigenvalue weighted by molar-refractivity contribution is 6.30. The fraction of sp³-hybridized carbons (Fsp3) is 0.300. The van der Waals surface area contributed by atoms with Gasteiger partial charge in [0.05, 0.1) is 5.84 Å². The van der Waals surface area contributed by atoms with Gasteiger partial charge in [0.25, 0.3) is 0 Å². The number of hydrogen-bond donors (Lipinski definition) is 1. The fourth-order valence-electron chi connectivity index (χ4n) is 1.08. The first-order valence-corrected chi connectivity index (χ1v) is 4.55. The SMILES string of the molecule is CN=C(N)CCc1cccc(Cl)c1. The van der Waals surface area contributed by atoms with Crippen LogP contribution >= 0.6 is 11.6 Å². The fourth-order valence-corrected chi connectivity index (χ4v) is 1.29. The largest absolute Gasteiger partial charge is 0.387 e. The van der Waals surface area contributed by atoms with Gasteiger partial charge in [-0.1, -0.05) is 23.7 Å². The Hall–Kier alpha value is -1.02. The quantitative estimate of drug-likeness (QED) is 0.585. The molecule has 0 atom stereocenters. The molecule has 0 fully saturated rings. The van der Waals surface area contributed by atoms with Gasteiger partial charge in [0.15, 0.2) is 0 Å². The molecule has 0 aliphatic heterocycles. The lowest BCUT2D eigenvalue weighted by Crippen LogP contribution is -2.12. The van der Waals surface area contributed by atoms with Gasteiger partial charge < -0.3 is 5.73 Å². The maximum Gasteiger partial charge on any atom is 0.0936 e. The average Bonchev–Trinajstić information content (AvgIpc) is 2.14. The highest BCUT2D eigenvalue weighted by Crippen LogP contribution is 2.11. The Morgan fingerprint density at radius 2 is 2.31 bits per heavy atom. The summed E-state index contributed by atoms with van der Waals surface area (Å²) in [7, 11) is 1.70. The Labute approximate surface area is 83.4 Å². The molecule has 70 valence electrons. The normalized spacial score (nSPS) is 11.7. The van der Waals surface area contributed by atoms with Crippen molar-refractivity contribution in [2.75, 3.05) is 7.05 Å². The van der Waals surface area contributed by atoms with Crippen molar-refractivity contribution in [2.45, 2.75) is 12.8 Å². The average molecular weight is 197 g/mol. The molecule has 0 radical (unpaired) electrons. The van der Waals surface area contributed by atoms with E-state index < -0.39 is 0 Å². The van der Waals surface area contributed by atoms with Crippen molar-refractivity contribution in [1.82, 2.24) is 0 Å². The van der Waals surface area contributed by atoms with E-state index in [9.17, 15) is 0 Å². The molecule has 0 spiro atoms. The summed E-state index contributed by atoms with van der Waals surface area (Å²) in [4.78, 5) is 3.89. The van der Waals surface area contributed by atoms with E-state index in [1.165, 1.54) is 5.56 Å². The summed E-state index contributed by atoms with van der Waals surface area (Å²) in [5.41, 5.74) is 6.77. The summed E-state index contributed by atoms with van der Waals surface area (Å²) in [6.07, 6.45) is 1.68. The lowest BCUT2D eigenvalue weighted by atomic mass is 10.1. The number of amidine groups is 1. The van der Waals surface area contributed by atoms with E-state index in [1.807, 2.05) is 24.3 Å². The van der Waals surface area contributed by atoms with Crippen molar-refractivity contribution in [3.63, 3.8) is 0 Å². The van der Waals surface area contributed by atoms with Crippen molar-refractivity contribution < 1.29 is 0 Å². The number of aliphatic imine (C=N–C) groups is 1. The Balaban J connectivity index is 2.55. The predicted molar refractivity (Wildman–Crippen MR) is 57.3 cm³/mol. The van der Waals surface area contributed by atoms with Crippen LogP contribution in [0.15, 0.2) is 29.3 Å². The van der Waals surface area contributed by atoms with E-state index in [0.717, 1.165) is 17.9 Å². The molecule has 0 saturated carbocycles. The van der Waals surface area contributed by atoms with Gasteiger partial charge in [0, 0.05) is 18.5 Å². The molecule has 0 saturated heterocycles. The minimum Gasteiger partial charge on any atom is -0.387 e. The van der Waals surface area contributed by atoms with Gasteiger partial charge in [-0.2, -0.15) is 0 Å². The Morgan fingerprint density at radius 1 is 1.54 bits per heavy atom. The summed E-state index contributed by atoms with van der Waals surface area (Å²) in [6, 6.07) is 7.79. The van der Waals surface area contributed by atoms with Crippen LogP contribution in [-0.4, -0.2) is 12.9 Å². The third-order valence-electron chi connectivity index (χ3n) is 1.85. The highest BCUT2D eigenvalue weighted by Gasteiger charge is 1.96. The summed E-state index contributed by atoms with van der Waals surface area (Å²) < 4.78 is 0. The first-order valence-electron chi connectivity index (χ1n) is 4.18. The van der Waals surface area contributed by atoms with E-state index in [4.69, 9.17) is 17.3 Å². The van der Waals surface area contributed by atoms with Crippen molar-refractivity contribution in [3.8, 4) is 0 Å². The van der Waals surface area contributed by atoms with Crippen LogP contribution in [0.1, 0.15) is 12.0 Å². The number of hydrogen-bond acceptors (Lipinski definition) is 1. The van der Waals surface area contributed by atoms with Crippen molar-refractivity contribution in [3.05, 3.63) is 34.9 Å². The van der Waals surface area contributed by atoms with Crippen LogP contribution in [0, 0.1) is 0 Å². The molecule has 0 bridgehead atoms. The second-order valence-electron chi connectivity index (χ2n) is 2.84. The van der Waals surface area contributed by atoms with Gasteiger partial charge in [-0.15, -0.1) is 0 Å². The molecule has 1 aromatic rings. The van der Waals surface area contributed by atoms with Crippen LogP contribution in [-0.2, 0) is 6.42 Å². The molecule has 0 aliphatic rings. The zero-order valence-corrected chi connectivity index (χ0v) is 8.38. The van der Waals surface area contributed by atoms with Gasteiger partial charge in [0.2, 0.25) is 0 Å². The number of nitrogens with two attached hydrogens (primary N) is 1. The lowest BCUT2D eigenvalue weighted by Gasteiger charge is -2.00. The number of halogens is 1. The zero-order chi connectivity index (χ0) is 9.68. The molecular formula is C10H13ClN2. The van der Waals surface area contributed by atoms with Gasteiger partial charge in [-0.25, -0.2) is 0 Å². The van der Waals surface area contributed by atoms with Gasteiger partial charge >= 0.3 is 0 Å². The second-order valence-corrected chi connectivity index (χ2v) is 3.28. The van der Waals surface area contributed by atoms with Crippen LogP contribution < -0.4 is 5.73 Å². The minimum atomic E-state index is 0.681. The Kier molecular flexibility index (Phi) is 3.77. The smallest absolute Gasteiger partial charge is 0.0936 e. The molecule has 0 unspecified atom stereocenters. The molecule has 0 aliphatic carbocycles. The summed E-state index contributed by atoms with van der Waals surface area (Å²) in [6.45, 7) is 0. The number of rotatable bonds is 3. The Bertz CT molecular complexity index is 308. The maximum absolute atomic E-state index is 5.83. The van der Waals surface area contributed by atoms with Crippen LogP contribution in [0.4, 0.5) is 0 Å². The van der Waals surface area contributed by atoms with Crippen LogP contribution in [0.2, 0.25) is 5.02 Å². The van der Waals surface area contributed by atoms with Gasteiger partial charge in [0.1, 0.15) is 0 Å². The summed E-state index contributed by atoms with van der Waals surface area (Å²) in [5.74, 6) is 0.681. The predicted octanol–water partition coefficient (Wildman–Crippen LogP) is 2.26. The highest BCUT2D eigenvalue weighted by atomic mass is 35.5. The molecular weight excluding hydrogens is 184 g/mol. The molecule has 13 heavy (non-hydrogen) atoms. The van der Waals surface area contributed by atoms with Crippen molar-refractivity contribution in [1.29, 1.82) is 0 Å². The number of nitrogens with zero attached hydrogens (tertiary/aromatic N) is 1. The topological polar surface area (TPSA) is 38.4 Å². The first kappa shape index (κ1) is 10.1. The molecule has 2 nitrogen and oxygen atoms in total. The summed E-state index contributed by atoms with van der Waals surface area (Å²) in [5, 5.41) is 0.768. The molecule has 0 heterocycles. The first-order chi connectivity index (χ1) is 6.22. The zero-order valence-electron chi connectivity index (χ0n) is 7.63. The molecule has 3 heteroatoms. The van der Waals surface area contributed by atoms with E-state index in [1.54, 1.807) is 7.05 Å². The lowest BCUT2D eigenvalue weighted by molar-refractivity contribution is 1.02. The summed E-state index contributed by atoms with van der Waals surface area (Å²) >= 11 is 5.83. The van der Waals surface area contributed by atoms with E-state index in [-0.39, 0.29) is 0 Å². The monoisotopic (exact) mass is 196 g/mol. The maximum atomic E-state index is 5.83. The van der Waals surface area contributed by atoms with Crippen molar-refractivity contribution >= 4 is 17.4 Å². The third kappa shape index (κ3) is 3.47. The molecule has 1 rings (SSSR count). The number of benzene rings is 1. The van der Waals surface area contributed by atoms with E-state index in [2.05, 4.69) is 4.99 Å². The minimum absolute atomic E-state index is 0.681. The molecule has 2 N–H and O–H groups in total. The second kappa shape index (κ2) is 4.87. The van der Waals surface area contributed by atoms with Crippen molar-refractivity contribution in [2.24, 2.45) is 10.7 Å². The molecule has 1 aromatic carbocycles. The van der Waals surface area contributed by atoms with Gasteiger partial charge in [-0.3, -0.25) is 4.99 Å². The van der Waals surface area contributed by atoms with Gasteiger partial charge in [-0.05, 0) is 24.1 Å². The van der Waals surface area contributed by atoms with E-state index >= 15 is 0 Å². The molecule has 0 amide bonds. The van der Waals surface area contributed by atoms with Crippen LogP contribution in [0.25, 0.3) is 0 Å². The third-order valence-corrected chi connectivity index (χ3v) is 2.08. The standard InChI is InChI=1S/C10H13ClN2/c1-13-10(12)6-5-8-3-2-4-9(11)7-8/h2-4,7H,5-6H2,1H3,(H2,12,13). The van der Waals surface area contributed by atoms with E-state index in [0.29, 0.717) is 5.84 Å².